The molecule has 0 spiro atoms. The third kappa shape index (κ3) is 5.05. The highest BCUT2D eigenvalue weighted by Crippen LogP contribution is 2.45. The average Bonchev–Trinajstić information content (AvgIpc) is 3.06. The first kappa shape index (κ1) is 25.9. The molecular formula is C28H32FN3O3S. The number of benzene rings is 2. The summed E-state index contributed by atoms with van der Waals surface area (Å²) in [5.41, 5.74) is 4.43. The molecule has 190 valence electrons. The van der Waals surface area contributed by atoms with Crippen LogP contribution in [0.15, 0.2) is 41.3 Å². The average molecular weight is 510 g/mol. The highest BCUT2D eigenvalue weighted by atomic mass is 32.2. The van der Waals surface area contributed by atoms with Gasteiger partial charge in [-0.15, -0.1) is 0 Å². The van der Waals surface area contributed by atoms with Gasteiger partial charge in [-0.1, -0.05) is 26.0 Å². The predicted molar refractivity (Wildman–Crippen MR) is 144 cm³/mol. The highest BCUT2D eigenvalue weighted by Gasteiger charge is 2.38. The Bertz CT molecular complexity index is 1260. The smallest absolute Gasteiger partial charge is 0.294 e. The van der Waals surface area contributed by atoms with Crippen molar-refractivity contribution in [3.05, 3.63) is 63.8 Å². The molecule has 2 heterocycles. The van der Waals surface area contributed by atoms with Crippen LogP contribution in [0.4, 0.5) is 20.6 Å². The molecule has 2 aliphatic heterocycles. The molecule has 1 fully saturated rings. The molecule has 2 aromatic carbocycles. The molecule has 1 atom stereocenters. The number of fused-ring (bicyclic) bond motifs is 1. The summed E-state index contributed by atoms with van der Waals surface area (Å²) in [4.78, 5) is 41.6. The zero-order valence-corrected chi connectivity index (χ0v) is 22.2. The van der Waals surface area contributed by atoms with E-state index in [4.69, 9.17) is 0 Å². The number of nitrogens with one attached hydrogen (secondary N) is 1. The van der Waals surface area contributed by atoms with Crippen LogP contribution in [0.1, 0.15) is 63.1 Å². The summed E-state index contributed by atoms with van der Waals surface area (Å²) in [6.07, 6.45) is 3.82. The van der Waals surface area contributed by atoms with Crippen molar-refractivity contribution < 1.29 is 18.8 Å². The summed E-state index contributed by atoms with van der Waals surface area (Å²) in [6, 6.07) is 10.1. The lowest BCUT2D eigenvalue weighted by atomic mass is 9.79. The fraction of sp³-hybridized carbons (Fsp3) is 0.393. The Morgan fingerprint density at radius 3 is 2.67 bits per heavy atom. The van der Waals surface area contributed by atoms with Crippen molar-refractivity contribution in [1.82, 2.24) is 4.90 Å². The van der Waals surface area contributed by atoms with Gasteiger partial charge in [-0.25, -0.2) is 4.39 Å². The molecule has 2 aliphatic rings. The van der Waals surface area contributed by atoms with Crippen LogP contribution in [-0.2, 0) is 9.59 Å². The minimum atomic E-state index is -0.638. The van der Waals surface area contributed by atoms with Gasteiger partial charge in [0.05, 0.1) is 10.6 Å². The van der Waals surface area contributed by atoms with Crippen molar-refractivity contribution in [3.8, 4) is 0 Å². The highest BCUT2D eigenvalue weighted by molar-refractivity contribution is 8.18. The SMILES string of the molecule is CCCN1c2cc(C)c(/C=C3/SC(=O)N(CC(=O)Nc4ccccc4F)C3=O)cc2C(C)CC1(C)C. The van der Waals surface area contributed by atoms with E-state index in [-0.39, 0.29) is 16.1 Å². The monoisotopic (exact) mass is 509 g/mol. The number of anilines is 2. The zero-order chi connectivity index (χ0) is 26.2. The number of imide groups is 1. The zero-order valence-electron chi connectivity index (χ0n) is 21.4. The van der Waals surface area contributed by atoms with Crippen LogP contribution in [0.5, 0.6) is 0 Å². The van der Waals surface area contributed by atoms with E-state index < -0.39 is 29.4 Å². The number of hydrogen-bond donors (Lipinski definition) is 1. The van der Waals surface area contributed by atoms with Crippen LogP contribution in [0.3, 0.4) is 0 Å². The maximum absolute atomic E-state index is 13.8. The summed E-state index contributed by atoms with van der Waals surface area (Å²) in [6.45, 7) is 11.5. The van der Waals surface area contributed by atoms with E-state index in [0.29, 0.717) is 5.92 Å². The van der Waals surface area contributed by atoms with Crippen molar-refractivity contribution in [2.75, 3.05) is 23.3 Å². The fourth-order valence-electron chi connectivity index (χ4n) is 5.13. The summed E-state index contributed by atoms with van der Waals surface area (Å²) < 4.78 is 13.8. The Morgan fingerprint density at radius 1 is 1.25 bits per heavy atom. The molecule has 0 aliphatic carbocycles. The van der Waals surface area contributed by atoms with E-state index in [1.54, 1.807) is 12.1 Å². The van der Waals surface area contributed by atoms with Crippen LogP contribution >= 0.6 is 11.8 Å². The van der Waals surface area contributed by atoms with Gasteiger partial charge in [0.1, 0.15) is 12.4 Å². The van der Waals surface area contributed by atoms with Crippen molar-refractivity contribution in [3.63, 3.8) is 0 Å². The molecule has 36 heavy (non-hydrogen) atoms. The van der Waals surface area contributed by atoms with E-state index in [9.17, 15) is 18.8 Å². The van der Waals surface area contributed by atoms with Crippen LogP contribution < -0.4 is 10.2 Å². The molecule has 8 heteroatoms. The van der Waals surface area contributed by atoms with Crippen LogP contribution in [0, 0.1) is 12.7 Å². The number of halogens is 1. The second-order valence-corrected chi connectivity index (χ2v) is 11.1. The van der Waals surface area contributed by atoms with E-state index in [1.807, 2.05) is 6.92 Å². The predicted octanol–water partition coefficient (Wildman–Crippen LogP) is 6.31. The van der Waals surface area contributed by atoms with E-state index in [2.05, 4.69) is 50.0 Å². The van der Waals surface area contributed by atoms with E-state index in [0.717, 1.165) is 47.2 Å². The summed E-state index contributed by atoms with van der Waals surface area (Å²) in [7, 11) is 0. The second kappa shape index (κ2) is 10.1. The van der Waals surface area contributed by atoms with Crippen molar-refractivity contribution in [1.29, 1.82) is 0 Å². The van der Waals surface area contributed by atoms with Gasteiger partial charge in [-0.05, 0) is 98.3 Å². The Labute approximate surface area is 215 Å². The number of para-hydroxylation sites is 1. The number of nitrogens with zero attached hydrogens (tertiary/aromatic N) is 2. The number of carbonyl (C=O) groups excluding carboxylic acids is 3. The van der Waals surface area contributed by atoms with Gasteiger partial charge in [-0.2, -0.15) is 0 Å². The third-order valence-electron chi connectivity index (χ3n) is 6.83. The minimum absolute atomic E-state index is 0.00381. The lowest BCUT2D eigenvalue weighted by Gasteiger charge is -2.48. The quantitative estimate of drug-likeness (QED) is 0.462. The van der Waals surface area contributed by atoms with Gasteiger partial charge in [0.15, 0.2) is 0 Å². The molecule has 1 N–H and O–H groups in total. The van der Waals surface area contributed by atoms with Crippen molar-refractivity contribution >= 4 is 46.3 Å². The van der Waals surface area contributed by atoms with Crippen LogP contribution in [-0.4, -0.2) is 40.6 Å². The molecule has 4 rings (SSSR count). The number of rotatable bonds is 6. The molecule has 3 amide bonds. The first-order chi connectivity index (χ1) is 17.0. The number of thioether (sulfide) groups is 1. The second-order valence-electron chi connectivity index (χ2n) is 10.1. The number of aryl methyl sites for hydroxylation is 1. The minimum Gasteiger partial charge on any atom is -0.366 e. The Morgan fingerprint density at radius 2 is 1.97 bits per heavy atom. The van der Waals surface area contributed by atoms with Crippen LogP contribution in [0.25, 0.3) is 6.08 Å². The van der Waals surface area contributed by atoms with Gasteiger partial charge in [0.25, 0.3) is 11.1 Å². The van der Waals surface area contributed by atoms with Gasteiger partial charge >= 0.3 is 0 Å². The summed E-state index contributed by atoms with van der Waals surface area (Å²) >= 11 is 0.817. The maximum atomic E-state index is 13.8. The largest absolute Gasteiger partial charge is 0.366 e. The number of amides is 3. The molecule has 2 aromatic rings. The normalized spacial score (nSPS) is 20.2. The van der Waals surface area contributed by atoms with E-state index >= 15 is 0 Å². The van der Waals surface area contributed by atoms with Gasteiger partial charge < -0.3 is 10.2 Å². The summed E-state index contributed by atoms with van der Waals surface area (Å²) in [5, 5.41) is 1.90. The topological polar surface area (TPSA) is 69.7 Å². The Kier molecular flexibility index (Phi) is 7.27. The molecule has 0 saturated carbocycles. The Hall–Kier alpha value is -3.13. The summed E-state index contributed by atoms with van der Waals surface area (Å²) in [5.74, 6) is -1.39. The van der Waals surface area contributed by atoms with Crippen molar-refractivity contribution in [2.24, 2.45) is 0 Å². The number of hydrogen-bond acceptors (Lipinski definition) is 5. The molecule has 0 radical (unpaired) electrons. The van der Waals surface area contributed by atoms with Gasteiger partial charge in [0.2, 0.25) is 5.91 Å². The first-order valence-electron chi connectivity index (χ1n) is 12.2. The molecule has 1 unspecified atom stereocenters. The third-order valence-corrected chi connectivity index (χ3v) is 7.74. The van der Waals surface area contributed by atoms with Crippen LogP contribution in [0.2, 0.25) is 0 Å². The molecule has 1 saturated heterocycles. The standard InChI is InChI=1S/C28H32FN3O3S/c1-6-11-32-23-12-17(2)19(13-20(23)18(3)15-28(32,4)5)14-24-26(34)31(27(35)36-24)16-25(33)30-22-10-8-7-9-21(22)29/h7-10,12-14,18H,6,11,15-16H2,1-5H3,(H,30,33)/b24-14+. The maximum Gasteiger partial charge on any atom is 0.294 e. The molecule has 0 bridgehead atoms. The first-order valence-corrected chi connectivity index (χ1v) is 13.1. The lowest BCUT2D eigenvalue weighted by Crippen LogP contribution is -2.48. The molecule has 0 aromatic heterocycles. The fourth-order valence-corrected chi connectivity index (χ4v) is 5.96. The molecular weight excluding hydrogens is 477 g/mol. The van der Waals surface area contributed by atoms with E-state index in [1.165, 1.54) is 29.4 Å². The number of carbonyl (C=O) groups is 3. The Balaban J connectivity index is 1.57. The lowest BCUT2D eigenvalue weighted by molar-refractivity contribution is -0.127. The van der Waals surface area contributed by atoms with Crippen molar-refractivity contribution in [2.45, 2.75) is 58.9 Å². The molecule has 6 nitrogen and oxygen atoms in total. The van der Waals surface area contributed by atoms with Gasteiger partial charge in [0, 0.05) is 17.8 Å². The van der Waals surface area contributed by atoms with Gasteiger partial charge in [-0.3, -0.25) is 19.3 Å².